The number of halogens is 3. The van der Waals surface area contributed by atoms with Crippen LogP contribution in [-0.2, 0) is 19.1 Å². The molecular weight excluding hydrogens is 389 g/mol. The van der Waals surface area contributed by atoms with Gasteiger partial charge < -0.3 is 9.67 Å². The van der Waals surface area contributed by atoms with Crippen LogP contribution in [0.15, 0.2) is 48.7 Å². The summed E-state index contributed by atoms with van der Waals surface area (Å²) in [5.41, 5.74) is 3.06. The smallest absolute Gasteiger partial charge is 0.396 e. The van der Waals surface area contributed by atoms with Crippen LogP contribution in [0.2, 0.25) is 0 Å². The Bertz CT molecular complexity index is 1120. The molecule has 1 aliphatic rings. The zero-order valence-corrected chi connectivity index (χ0v) is 16.5. The van der Waals surface area contributed by atoms with Crippen molar-refractivity contribution in [2.45, 2.75) is 32.5 Å². The maximum atomic E-state index is 12.8. The van der Waals surface area contributed by atoms with Gasteiger partial charge in [-0.25, -0.2) is 4.98 Å². The highest BCUT2D eigenvalue weighted by Crippen LogP contribution is 2.30. The fourth-order valence-corrected chi connectivity index (χ4v) is 3.65. The van der Waals surface area contributed by atoms with Crippen LogP contribution in [-0.4, -0.2) is 21.3 Å². The molecule has 3 nitrogen and oxygen atoms in total. The molecule has 0 radical (unpaired) electrons. The van der Waals surface area contributed by atoms with Gasteiger partial charge in [-0.15, -0.1) is 0 Å². The number of nitrogens with zero attached hydrogens (tertiary/aromatic N) is 2. The second-order valence-corrected chi connectivity index (χ2v) is 7.64. The highest BCUT2D eigenvalue weighted by molar-refractivity contribution is 5.60. The standard InChI is InChI=1S/C24H21F3N2O/c1-16-12-21(24(25,26)27)10-9-19(16)6-2-17-3-7-20(8-4-17)22-14-29-13-18(15-30)5-11-23(29)28-22/h3-4,7-10,12,14,18,30H,5,11,13,15H2,1H3. The zero-order chi connectivity index (χ0) is 21.3. The lowest BCUT2D eigenvalue weighted by atomic mass is 10.0. The van der Waals surface area contributed by atoms with Gasteiger partial charge >= 0.3 is 6.18 Å². The molecule has 1 atom stereocenters. The van der Waals surface area contributed by atoms with Crippen molar-refractivity contribution in [3.05, 3.63) is 76.7 Å². The van der Waals surface area contributed by atoms with E-state index in [4.69, 9.17) is 4.98 Å². The van der Waals surface area contributed by atoms with E-state index in [0.29, 0.717) is 11.1 Å². The normalized spacial score (nSPS) is 16.0. The van der Waals surface area contributed by atoms with Gasteiger partial charge in [0.15, 0.2) is 0 Å². The highest BCUT2D eigenvalue weighted by Gasteiger charge is 2.30. The van der Waals surface area contributed by atoms with Crippen molar-refractivity contribution < 1.29 is 18.3 Å². The van der Waals surface area contributed by atoms with Crippen molar-refractivity contribution in [1.82, 2.24) is 9.55 Å². The van der Waals surface area contributed by atoms with Crippen LogP contribution >= 0.6 is 0 Å². The summed E-state index contributed by atoms with van der Waals surface area (Å²) in [5.74, 6) is 7.30. The highest BCUT2D eigenvalue weighted by atomic mass is 19.4. The molecule has 0 spiro atoms. The molecule has 4 rings (SSSR count). The van der Waals surface area contributed by atoms with Gasteiger partial charge in [-0.2, -0.15) is 13.2 Å². The molecule has 154 valence electrons. The summed E-state index contributed by atoms with van der Waals surface area (Å²) in [6.45, 7) is 2.61. The van der Waals surface area contributed by atoms with E-state index in [9.17, 15) is 18.3 Å². The number of rotatable bonds is 2. The third kappa shape index (κ3) is 4.27. The van der Waals surface area contributed by atoms with Gasteiger partial charge in [-0.05, 0) is 49.2 Å². The van der Waals surface area contributed by atoms with Crippen LogP contribution in [0.1, 0.15) is 34.5 Å². The number of aliphatic hydroxyl groups excluding tert-OH is 1. The van der Waals surface area contributed by atoms with Crippen molar-refractivity contribution in [1.29, 1.82) is 0 Å². The van der Waals surface area contributed by atoms with Gasteiger partial charge in [-0.1, -0.05) is 24.0 Å². The average Bonchev–Trinajstić information content (AvgIpc) is 3.15. The average molecular weight is 410 g/mol. The van der Waals surface area contributed by atoms with Crippen LogP contribution in [0.3, 0.4) is 0 Å². The minimum absolute atomic E-state index is 0.193. The topological polar surface area (TPSA) is 38.0 Å². The molecule has 3 aromatic rings. The molecule has 1 aromatic heterocycles. The van der Waals surface area contributed by atoms with Gasteiger partial charge in [0.1, 0.15) is 5.82 Å². The van der Waals surface area contributed by atoms with Crippen molar-refractivity contribution in [2.24, 2.45) is 5.92 Å². The lowest BCUT2D eigenvalue weighted by molar-refractivity contribution is -0.137. The number of aliphatic hydroxyl groups is 1. The molecule has 0 bridgehead atoms. The molecule has 1 N–H and O–H groups in total. The molecular formula is C24H21F3N2O. The van der Waals surface area contributed by atoms with Gasteiger partial charge in [0.05, 0.1) is 11.3 Å². The first-order valence-electron chi connectivity index (χ1n) is 9.80. The minimum atomic E-state index is -4.35. The largest absolute Gasteiger partial charge is 0.416 e. The monoisotopic (exact) mass is 410 g/mol. The lowest BCUT2D eigenvalue weighted by Gasteiger charge is -2.21. The third-order valence-electron chi connectivity index (χ3n) is 5.42. The van der Waals surface area contributed by atoms with Crippen LogP contribution in [0.25, 0.3) is 11.3 Å². The molecule has 30 heavy (non-hydrogen) atoms. The van der Waals surface area contributed by atoms with Crippen LogP contribution in [0, 0.1) is 24.7 Å². The minimum Gasteiger partial charge on any atom is -0.396 e. The molecule has 0 amide bonds. The summed E-state index contributed by atoms with van der Waals surface area (Å²) in [6, 6.07) is 11.3. The zero-order valence-electron chi connectivity index (χ0n) is 16.5. The van der Waals surface area contributed by atoms with Crippen LogP contribution in [0.5, 0.6) is 0 Å². The molecule has 6 heteroatoms. The number of benzene rings is 2. The van der Waals surface area contributed by atoms with E-state index < -0.39 is 11.7 Å². The summed E-state index contributed by atoms with van der Waals surface area (Å²) in [4.78, 5) is 4.71. The predicted molar refractivity (Wildman–Crippen MR) is 109 cm³/mol. The lowest BCUT2D eigenvalue weighted by Crippen LogP contribution is -2.22. The first-order chi connectivity index (χ1) is 14.3. The molecule has 2 heterocycles. The van der Waals surface area contributed by atoms with E-state index in [2.05, 4.69) is 16.4 Å². The predicted octanol–water partition coefficient (Wildman–Crippen LogP) is 4.83. The van der Waals surface area contributed by atoms with Gasteiger partial charge in [-0.3, -0.25) is 0 Å². The Morgan fingerprint density at radius 3 is 2.57 bits per heavy atom. The van der Waals surface area contributed by atoms with Crippen molar-refractivity contribution >= 4 is 0 Å². The van der Waals surface area contributed by atoms with E-state index >= 15 is 0 Å². The van der Waals surface area contributed by atoms with E-state index in [1.165, 1.54) is 6.07 Å². The summed E-state index contributed by atoms with van der Waals surface area (Å²) in [5, 5.41) is 9.37. The van der Waals surface area contributed by atoms with Crippen molar-refractivity contribution in [3.8, 4) is 23.1 Å². The molecule has 0 saturated heterocycles. The number of hydrogen-bond donors (Lipinski definition) is 1. The van der Waals surface area contributed by atoms with Crippen LogP contribution in [0.4, 0.5) is 13.2 Å². The van der Waals surface area contributed by atoms with Gasteiger partial charge in [0.25, 0.3) is 0 Å². The summed E-state index contributed by atoms with van der Waals surface area (Å²) < 4.78 is 40.5. The first-order valence-corrected chi connectivity index (χ1v) is 9.80. The number of fused-ring (bicyclic) bond motifs is 1. The van der Waals surface area contributed by atoms with Crippen LogP contribution < -0.4 is 0 Å². The Kier molecular flexibility index (Phi) is 5.40. The Morgan fingerprint density at radius 2 is 1.90 bits per heavy atom. The molecule has 0 fully saturated rings. The number of aromatic nitrogens is 2. The number of hydrogen-bond acceptors (Lipinski definition) is 2. The maximum absolute atomic E-state index is 12.8. The van der Waals surface area contributed by atoms with E-state index in [0.717, 1.165) is 54.2 Å². The second kappa shape index (κ2) is 8.00. The molecule has 1 unspecified atom stereocenters. The Hall–Kier alpha value is -3.04. The third-order valence-corrected chi connectivity index (χ3v) is 5.42. The maximum Gasteiger partial charge on any atom is 0.416 e. The fraction of sp³-hybridized carbons (Fsp3) is 0.292. The Balaban J connectivity index is 1.51. The summed E-state index contributed by atoms with van der Waals surface area (Å²) in [6.07, 6.45) is -0.520. The Morgan fingerprint density at radius 1 is 1.13 bits per heavy atom. The van der Waals surface area contributed by atoms with Crippen molar-refractivity contribution in [2.75, 3.05) is 6.61 Å². The van der Waals surface area contributed by atoms with E-state index in [-0.39, 0.29) is 12.5 Å². The quantitative estimate of drug-likeness (QED) is 0.615. The summed E-state index contributed by atoms with van der Waals surface area (Å²) >= 11 is 0. The van der Waals surface area contributed by atoms with E-state index in [1.54, 1.807) is 6.92 Å². The van der Waals surface area contributed by atoms with Gasteiger partial charge in [0.2, 0.25) is 0 Å². The molecule has 0 saturated carbocycles. The fourth-order valence-electron chi connectivity index (χ4n) is 3.65. The van der Waals surface area contributed by atoms with Crippen molar-refractivity contribution in [3.63, 3.8) is 0 Å². The Labute approximate surface area is 173 Å². The molecule has 2 aromatic carbocycles. The van der Waals surface area contributed by atoms with E-state index in [1.807, 2.05) is 30.5 Å². The number of imidazole rings is 1. The van der Waals surface area contributed by atoms with Gasteiger partial charge in [0, 0.05) is 48.4 Å². The first kappa shape index (κ1) is 20.2. The SMILES string of the molecule is Cc1cc(C(F)(F)F)ccc1C#Cc1ccc(-c2cn3c(n2)CCC(CO)C3)cc1. The number of alkyl halides is 3. The second-order valence-electron chi connectivity index (χ2n) is 7.64. The molecule has 0 aliphatic carbocycles. The molecule has 1 aliphatic heterocycles. The number of aryl methyl sites for hydroxylation is 2. The summed E-state index contributed by atoms with van der Waals surface area (Å²) in [7, 11) is 0.